The van der Waals surface area contributed by atoms with Crippen LogP contribution in [0.5, 0.6) is 0 Å². The molecule has 3 aromatic rings. The fraction of sp³-hybridized carbons (Fsp3) is 0.0625. The maximum absolute atomic E-state index is 5.80. The lowest BCUT2D eigenvalue weighted by atomic mass is 10.2. The van der Waals surface area contributed by atoms with Crippen molar-refractivity contribution >= 4 is 17.8 Å². The number of hydrogen-bond acceptors (Lipinski definition) is 5. The first-order valence-corrected chi connectivity index (χ1v) is 6.98. The monoisotopic (exact) mass is 313 g/mol. The van der Waals surface area contributed by atoms with Gasteiger partial charge in [0.25, 0.3) is 5.89 Å². The normalized spacial score (nSPS) is 11.0. The Hall–Kier alpha value is -2.66. The lowest BCUT2D eigenvalue weighted by molar-refractivity contribution is 0.107. The van der Waals surface area contributed by atoms with E-state index in [1.54, 1.807) is 18.3 Å². The molecule has 6 heteroatoms. The standard InChI is InChI=1S/C16H12ClN3O2/c17-14-8-6-12(7-9-14)10-18-21-11-15-19-16(20-22-15)13-4-2-1-3-5-13/h1-10H,11H2/b18-10-. The number of nitrogens with zero attached hydrogens (tertiary/aromatic N) is 3. The topological polar surface area (TPSA) is 60.5 Å². The Kier molecular flexibility index (Phi) is 4.46. The summed E-state index contributed by atoms with van der Waals surface area (Å²) in [5.41, 5.74) is 1.78. The fourth-order valence-electron chi connectivity index (χ4n) is 1.76. The van der Waals surface area contributed by atoms with E-state index in [1.165, 1.54) is 0 Å². The van der Waals surface area contributed by atoms with E-state index in [4.69, 9.17) is 21.0 Å². The first-order valence-electron chi connectivity index (χ1n) is 6.60. The van der Waals surface area contributed by atoms with E-state index in [0.717, 1.165) is 11.1 Å². The van der Waals surface area contributed by atoms with Crippen LogP contribution < -0.4 is 0 Å². The Morgan fingerprint density at radius 1 is 1.09 bits per heavy atom. The van der Waals surface area contributed by atoms with Crippen LogP contribution in [0.2, 0.25) is 5.02 Å². The van der Waals surface area contributed by atoms with Crippen LogP contribution in [0.1, 0.15) is 11.5 Å². The second-order valence-electron chi connectivity index (χ2n) is 4.44. The zero-order valence-electron chi connectivity index (χ0n) is 11.5. The van der Waals surface area contributed by atoms with Crippen LogP contribution in [0, 0.1) is 0 Å². The molecule has 0 amide bonds. The Morgan fingerprint density at radius 2 is 1.86 bits per heavy atom. The van der Waals surface area contributed by atoms with Crippen molar-refractivity contribution < 1.29 is 9.36 Å². The van der Waals surface area contributed by atoms with Crippen LogP contribution in [0.3, 0.4) is 0 Å². The molecule has 0 saturated heterocycles. The molecule has 110 valence electrons. The number of aromatic nitrogens is 2. The molecule has 0 unspecified atom stereocenters. The molecule has 0 atom stereocenters. The molecule has 5 nitrogen and oxygen atoms in total. The Labute approximate surface area is 132 Å². The SMILES string of the molecule is Clc1ccc(/C=N\OCc2nc(-c3ccccc3)no2)cc1. The van der Waals surface area contributed by atoms with Crippen molar-refractivity contribution in [2.75, 3.05) is 0 Å². The van der Waals surface area contributed by atoms with Crippen molar-refractivity contribution in [2.45, 2.75) is 6.61 Å². The number of benzene rings is 2. The van der Waals surface area contributed by atoms with Gasteiger partial charge in [-0.2, -0.15) is 4.98 Å². The zero-order chi connectivity index (χ0) is 15.2. The van der Waals surface area contributed by atoms with Crippen molar-refractivity contribution in [1.29, 1.82) is 0 Å². The van der Waals surface area contributed by atoms with Crippen molar-refractivity contribution in [1.82, 2.24) is 10.1 Å². The van der Waals surface area contributed by atoms with Gasteiger partial charge in [0.1, 0.15) is 0 Å². The van der Waals surface area contributed by atoms with Gasteiger partial charge in [-0.3, -0.25) is 0 Å². The molecule has 1 heterocycles. The van der Waals surface area contributed by atoms with Gasteiger partial charge < -0.3 is 9.36 Å². The molecule has 0 aliphatic heterocycles. The summed E-state index contributed by atoms with van der Waals surface area (Å²) >= 11 is 5.80. The first kappa shape index (κ1) is 14.3. The van der Waals surface area contributed by atoms with Crippen LogP contribution in [0.25, 0.3) is 11.4 Å². The summed E-state index contributed by atoms with van der Waals surface area (Å²) < 4.78 is 5.11. The summed E-state index contributed by atoms with van der Waals surface area (Å²) in [4.78, 5) is 9.39. The van der Waals surface area contributed by atoms with Gasteiger partial charge in [0.15, 0.2) is 6.61 Å². The number of hydrogen-bond donors (Lipinski definition) is 0. The predicted molar refractivity (Wildman–Crippen MR) is 83.6 cm³/mol. The Balaban J connectivity index is 1.56. The van der Waals surface area contributed by atoms with Crippen LogP contribution in [0.15, 0.2) is 64.3 Å². The summed E-state index contributed by atoms with van der Waals surface area (Å²) in [6.07, 6.45) is 1.59. The second-order valence-corrected chi connectivity index (χ2v) is 4.87. The Morgan fingerprint density at radius 3 is 2.64 bits per heavy atom. The average molecular weight is 314 g/mol. The molecular formula is C16H12ClN3O2. The summed E-state index contributed by atoms with van der Waals surface area (Å²) in [6, 6.07) is 16.8. The molecule has 1 aromatic heterocycles. The van der Waals surface area contributed by atoms with Gasteiger partial charge in [-0.05, 0) is 17.7 Å². The summed E-state index contributed by atoms with van der Waals surface area (Å²) in [7, 11) is 0. The lowest BCUT2D eigenvalue weighted by Gasteiger charge is -1.94. The van der Waals surface area contributed by atoms with E-state index in [1.807, 2.05) is 42.5 Å². The molecule has 0 fully saturated rings. The van der Waals surface area contributed by atoms with E-state index in [2.05, 4.69) is 15.3 Å². The molecule has 0 N–H and O–H groups in total. The molecule has 0 aliphatic carbocycles. The van der Waals surface area contributed by atoms with Gasteiger partial charge in [-0.25, -0.2) is 0 Å². The van der Waals surface area contributed by atoms with Crippen molar-refractivity contribution in [3.8, 4) is 11.4 Å². The van der Waals surface area contributed by atoms with Gasteiger partial charge in [0.05, 0.1) is 6.21 Å². The molecular weight excluding hydrogens is 302 g/mol. The summed E-state index contributed by atoms with van der Waals surface area (Å²) in [6.45, 7) is 0.115. The number of oxime groups is 1. The molecule has 0 bridgehead atoms. The average Bonchev–Trinajstić information content (AvgIpc) is 3.03. The fourth-order valence-corrected chi connectivity index (χ4v) is 1.88. The van der Waals surface area contributed by atoms with E-state index in [-0.39, 0.29) is 6.61 Å². The van der Waals surface area contributed by atoms with Crippen LogP contribution >= 0.6 is 11.6 Å². The number of rotatable bonds is 5. The van der Waals surface area contributed by atoms with Crippen molar-refractivity contribution in [2.24, 2.45) is 5.16 Å². The highest BCUT2D eigenvalue weighted by molar-refractivity contribution is 6.30. The highest BCUT2D eigenvalue weighted by Gasteiger charge is 2.07. The van der Waals surface area contributed by atoms with E-state index in [0.29, 0.717) is 16.7 Å². The minimum absolute atomic E-state index is 0.115. The molecule has 22 heavy (non-hydrogen) atoms. The maximum atomic E-state index is 5.80. The van der Waals surface area contributed by atoms with Gasteiger partial charge in [0.2, 0.25) is 5.82 Å². The van der Waals surface area contributed by atoms with E-state index < -0.39 is 0 Å². The van der Waals surface area contributed by atoms with Crippen LogP contribution in [-0.4, -0.2) is 16.4 Å². The smallest absolute Gasteiger partial charge is 0.267 e. The number of halogens is 1. The third-order valence-electron chi connectivity index (χ3n) is 2.83. The van der Waals surface area contributed by atoms with Gasteiger partial charge in [0, 0.05) is 10.6 Å². The van der Waals surface area contributed by atoms with Crippen LogP contribution in [-0.2, 0) is 11.4 Å². The minimum atomic E-state index is 0.115. The predicted octanol–water partition coefficient (Wildman–Crippen LogP) is 3.94. The van der Waals surface area contributed by atoms with E-state index >= 15 is 0 Å². The zero-order valence-corrected chi connectivity index (χ0v) is 12.3. The highest BCUT2D eigenvalue weighted by atomic mass is 35.5. The quantitative estimate of drug-likeness (QED) is 0.529. The molecule has 0 spiro atoms. The maximum Gasteiger partial charge on any atom is 0.267 e. The van der Waals surface area contributed by atoms with E-state index in [9.17, 15) is 0 Å². The van der Waals surface area contributed by atoms with Gasteiger partial charge in [-0.1, -0.05) is 64.4 Å². The largest absolute Gasteiger partial charge is 0.386 e. The molecule has 0 aliphatic rings. The summed E-state index contributed by atoms with van der Waals surface area (Å²) in [5.74, 6) is 0.896. The van der Waals surface area contributed by atoms with Gasteiger partial charge in [-0.15, -0.1) is 0 Å². The highest BCUT2D eigenvalue weighted by Crippen LogP contribution is 2.15. The second kappa shape index (κ2) is 6.87. The molecule has 2 aromatic carbocycles. The third kappa shape index (κ3) is 3.71. The van der Waals surface area contributed by atoms with Gasteiger partial charge >= 0.3 is 0 Å². The minimum Gasteiger partial charge on any atom is -0.386 e. The molecule has 0 radical (unpaired) electrons. The lowest BCUT2D eigenvalue weighted by Crippen LogP contribution is -1.89. The molecule has 0 saturated carbocycles. The van der Waals surface area contributed by atoms with Crippen molar-refractivity contribution in [3.63, 3.8) is 0 Å². The third-order valence-corrected chi connectivity index (χ3v) is 3.09. The summed E-state index contributed by atoms with van der Waals surface area (Å²) in [5, 5.41) is 8.43. The molecule has 3 rings (SSSR count). The van der Waals surface area contributed by atoms with Crippen molar-refractivity contribution in [3.05, 3.63) is 71.1 Å². The Bertz CT molecular complexity index is 755. The van der Waals surface area contributed by atoms with Crippen LogP contribution in [0.4, 0.5) is 0 Å². The first-order chi connectivity index (χ1) is 10.8.